The van der Waals surface area contributed by atoms with Crippen molar-refractivity contribution in [3.05, 3.63) is 112 Å². The van der Waals surface area contributed by atoms with Crippen LogP contribution in [0.25, 0.3) is 22.3 Å². The highest BCUT2D eigenvalue weighted by atomic mass is 35.5. The molecule has 1 aliphatic rings. The molecule has 1 atom stereocenters. The number of carbonyl (C=O) groups is 1. The molecule has 0 aliphatic carbocycles. The Morgan fingerprint density at radius 3 is 2.56 bits per heavy atom. The number of fused-ring (bicyclic) bond motifs is 1. The van der Waals surface area contributed by atoms with Crippen molar-refractivity contribution in [2.75, 3.05) is 6.61 Å². The van der Waals surface area contributed by atoms with E-state index in [1.807, 2.05) is 4.57 Å². The minimum Gasteiger partial charge on any atom is -0.478 e. The Hall–Kier alpha value is -4.34. The monoisotopic (exact) mass is 575 g/mol. The molecule has 7 nitrogen and oxygen atoms in total. The van der Waals surface area contributed by atoms with Gasteiger partial charge in [0.05, 0.1) is 34.9 Å². The number of rotatable bonds is 9. The van der Waals surface area contributed by atoms with Gasteiger partial charge in [0.15, 0.2) is 0 Å². The van der Waals surface area contributed by atoms with Crippen LogP contribution in [0.4, 0.5) is 8.78 Å². The van der Waals surface area contributed by atoms with Gasteiger partial charge in [-0.25, -0.2) is 23.5 Å². The largest absolute Gasteiger partial charge is 0.478 e. The normalized spacial score (nSPS) is 14.7. The first kappa shape index (κ1) is 26.9. The van der Waals surface area contributed by atoms with Crippen LogP contribution in [0, 0.1) is 11.6 Å². The summed E-state index contributed by atoms with van der Waals surface area (Å²) in [5.74, 6) is -1.03. The lowest BCUT2D eigenvalue weighted by Crippen LogP contribution is -2.31. The van der Waals surface area contributed by atoms with Crippen LogP contribution in [0.15, 0.2) is 72.8 Å². The molecule has 0 saturated carbocycles. The average Bonchev–Trinajstić information content (AvgIpc) is 3.27. The van der Waals surface area contributed by atoms with E-state index in [0.717, 1.165) is 6.42 Å². The average molecular weight is 576 g/mol. The first-order valence-corrected chi connectivity index (χ1v) is 13.4. The molecule has 0 bridgehead atoms. The van der Waals surface area contributed by atoms with Gasteiger partial charge in [-0.15, -0.1) is 0 Å². The van der Waals surface area contributed by atoms with Crippen molar-refractivity contribution in [2.45, 2.75) is 32.1 Å². The molecule has 1 aliphatic heterocycles. The maximum absolute atomic E-state index is 15.4. The molecule has 0 spiro atoms. The van der Waals surface area contributed by atoms with Gasteiger partial charge in [-0.3, -0.25) is 0 Å². The number of nitrogens with zero attached hydrogens (tertiary/aromatic N) is 3. The number of pyridine rings is 1. The fourth-order valence-corrected chi connectivity index (χ4v) is 4.90. The summed E-state index contributed by atoms with van der Waals surface area (Å²) in [6, 6.07) is 19.1. The minimum absolute atomic E-state index is 0.00334. The van der Waals surface area contributed by atoms with Gasteiger partial charge >= 0.3 is 5.97 Å². The molecule has 5 aromatic rings. The summed E-state index contributed by atoms with van der Waals surface area (Å²) in [5.41, 5.74) is 3.30. The summed E-state index contributed by atoms with van der Waals surface area (Å²) in [6.45, 7) is 1.15. The van der Waals surface area contributed by atoms with Crippen LogP contribution in [0.3, 0.4) is 0 Å². The second-order valence-electron chi connectivity index (χ2n) is 9.80. The highest BCUT2D eigenvalue weighted by Gasteiger charge is 2.23. The van der Waals surface area contributed by atoms with Crippen LogP contribution >= 0.6 is 11.6 Å². The van der Waals surface area contributed by atoms with Crippen LogP contribution < -0.4 is 4.74 Å². The Labute approximate surface area is 239 Å². The summed E-state index contributed by atoms with van der Waals surface area (Å²) < 4.78 is 42.7. The molecule has 3 heterocycles. The van der Waals surface area contributed by atoms with Crippen molar-refractivity contribution < 1.29 is 28.2 Å². The number of aromatic nitrogens is 3. The van der Waals surface area contributed by atoms with Crippen molar-refractivity contribution in [1.82, 2.24) is 14.5 Å². The lowest BCUT2D eigenvalue weighted by Gasteiger charge is -2.27. The fraction of sp³-hybridized carbons (Fsp3) is 0.194. The number of carboxylic acid groups (broad SMARTS) is 1. The summed E-state index contributed by atoms with van der Waals surface area (Å²) in [6.07, 6.45) is 1.10. The smallest absolute Gasteiger partial charge is 0.335 e. The zero-order valence-corrected chi connectivity index (χ0v) is 22.4. The summed E-state index contributed by atoms with van der Waals surface area (Å²) in [4.78, 5) is 20.7. The van der Waals surface area contributed by atoms with Gasteiger partial charge < -0.3 is 19.1 Å². The summed E-state index contributed by atoms with van der Waals surface area (Å²) >= 11 is 5.81. The van der Waals surface area contributed by atoms with Crippen LogP contribution in [-0.2, 0) is 24.3 Å². The molecule has 6 rings (SSSR count). The number of hydrogen-bond donors (Lipinski definition) is 1. The minimum atomic E-state index is -1.03. The number of hydrogen-bond acceptors (Lipinski definition) is 5. The van der Waals surface area contributed by atoms with Gasteiger partial charge in [0.25, 0.3) is 0 Å². The van der Waals surface area contributed by atoms with E-state index < -0.39 is 17.6 Å². The molecule has 208 valence electrons. The van der Waals surface area contributed by atoms with Gasteiger partial charge in [-0.2, -0.15) is 0 Å². The van der Waals surface area contributed by atoms with Gasteiger partial charge in [0, 0.05) is 35.2 Å². The maximum Gasteiger partial charge on any atom is 0.335 e. The van der Waals surface area contributed by atoms with E-state index in [2.05, 4.69) is 4.98 Å². The quantitative estimate of drug-likeness (QED) is 0.211. The van der Waals surface area contributed by atoms with Crippen LogP contribution in [0.2, 0.25) is 5.02 Å². The SMILES string of the molecule is O=C(O)c1ccc2nc(Cc3ccc(-c4cccc(OCc5ccc(Cl)cc5F)n4)cc3F)n(CC3CCO3)c2c1. The number of ether oxygens (including phenoxy) is 2. The van der Waals surface area contributed by atoms with Crippen molar-refractivity contribution in [3.8, 4) is 17.1 Å². The first-order valence-electron chi connectivity index (χ1n) is 13.0. The zero-order chi connectivity index (χ0) is 28.5. The van der Waals surface area contributed by atoms with Crippen molar-refractivity contribution >= 4 is 28.6 Å². The van der Waals surface area contributed by atoms with Gasteiger partial charge in [0.2, 0.25) is 5.88 Å². The van der Waals surface area contributed by atoms with E-state index in [9.17, 15) is 14.3 Å². The predicted molar refractivity (Wildman–Crippen MR) is 149 cm³/mol. The first-order chi connectivity index (χ1) is 19.8. The predicted octanol–water partition coefficient (Wildman–Crippen LogP) is 6.69. The summed E-state index contributed by atoms with van der Waals surface area (Å²) in [7, 11) is 0. The zero-order valence-electron chi connectivity index (χ0n) is 21.7. The third-order valence-electron chi connectivity index (χ3n) is 7.07. The van der Waals surface area contributed by atoms with E-state index in [0.29, 0.717) is 57.4 Å². The van der Waals surface area contributed by atoms with Gasteiger partial charge in [-0.05, 0) is 54.4 Å². The number of carboxylic acids is 1. The van der Waals surface area contributed by atoms with Crippen LogP contribution in [0.5, 0.6) is 5.88 Å². The third kappa shape index (κ3) is 5.77. The number of halogens is 3. The standard InChI is InChI=1S/C31H24ClF2N3O4/c32-22-8-6-21(25(34)15-22)17-41-30-3-1-2-26(36-30)19-5-4-18(24(33)12-19)14-29-35-27-9-7-20(31(38)39)13-28(27)37(29)16-23-10-11-40-23/h1-9,12-13,15,23H,10-11,14,16-17H2,(H,38,39). The van der Waals surface area contributed by atoms with E-state index in [1.54, 1.807) is 54.6 Å². The Bertz CT molecular complexity index is 1770. The van der Waals surface area contributed by atoms with Crippen molar-refractivity contribution in [3.63, 3.8) is 0 Å². The lowest BCUT2D eigenvalue weighted by molar-refractivity contribution is -0.0589. The molecule has 1 unspecified atom stereocenters. The Morgan fingerprint density at radius 1 is 1.02 bits per heavy atom. The third-order valence-corrected chi connectivity index (χ3v) is 7.30. The van der Waals surface area contributed by atoms with E-state index in [-0.39, 0.29) is 30.6 Å². The lowest BCUT2D eigenvalue weighted by atomic mass is 10.1. The van der Waals surface area contributed by atoms with Gasteiger partial charge in [0.1, 0.15) is 24.1 Å². The maximum atomic E-state index is 15.4. The molecule has 0 amide bonds. The fourth-order valence-electron chi connectivity index (χ4n) is 4.74. The molecule has 3 aromatic carbocycles. The highest BCUT2D eigenvalue weighted by Crippen LogP contribution is 2.27. The number of imidazole rings is 1. The van der Waals surface area contributed by atoms with E-state index in [1.165, 1.54) is 18.2 Å². The Morgan fingerprint density at radius 2 is 1.83 bits per heavy atom. The molecule has 1 saturated heterocycles. The van der Waals surface area contributed by atoms with Gasteiger partial charge in [-0.1, -0.05) is 35.9 Å². The van der Waals surface area contributed by atoms with E-state index >= 15 is 4.39 Å². The molecule has 10 heteroatoms. The van der Waals surface area contributed by atoms with Crippen molar-refractivity contribution in [2.24, 2.45) is 0 Å². The van der Waals surface area contributed by atoms with Crippen molar-refractivity contribution in [1.29, 1.82) is 0 Å². The Kier molecular flexibility index (Phi) is 7.38. The molecule has 1 fully saturated rings. The topological polar surface area (TPSA) is 86.5 Å². The number of aromatic carboxylic acids is 1. The molecule has 0 radical (unpaired) electrons. The Balaban J connectivity index is 1.24. The highest BCUT2D eigenvalue weighted by molar-refractivity contribution is 6.30. The summed E-state index contributed by atoms with van der Waals surface area (Å²) in [5, 5.41) is 9.76. The van der Waals surface area contributed by atoms with E-state index in [4.69, 9.17) is 26.1 Å². The molecular formula is C31H24ClF2N3O4. The molecular weight excluding hydrogens is 552 g/mol. The molecule has 41 heavy (non-hydrogen) atoms. The van der Waals surface area contributed by atoms with Crippen LogP contribution in [0.1, 0.15) is 33.7 Å². The molecule has 1 N–H and O–H groups in total. The number of benzene rings is 3. The van der Waals surface area contributed by atoms with Crippen LogP contribution in [-0.4, -0.2) is 38.3 Å². The second kappa shape index (κ2) is 11.3. The molecule has 2 aromatic heterocycles. The second-order valence-corrected chi connectivity index (χ2v) is 10.2.